The molecule has 0 spiro atoms. The van der Waals surface area contributed by atoms with E-state index in [0.29, 0.717) is 5.69 Å². The average Bonchev–Trinajstić information content (AvgIpc) is 2.83. The van der Waals surface area contributed by atoms with Crippen LogP contribution in [0.2, 0.25) is 0 Å². The van der Waals surface area contributed by atoms with E-state index in [1.54, 1.807) is 30.5 Å². The molecule has 4 nitrogen and oxygen atoms in total. The van der Waals surface area contributed by atoms with Gasteiger partial charge in [0.2, 0.25) is 0 Å². The molecule has 0 unspecified atom stereocenters. The fraction of sp³-hybridized carbons (Fsp3) is 0.100. The molecule has 1 aromatic heterocycles. The summed E-state index contributed by atoms with van der Waals surface area (Å²) in [6.45, 7) is 4.09. The topological polar surface area (TPSA) is 54.6 Å². The van der Waals surface area contributed by atoms with E-state index in [-0.39, 0.29) is 5.56 Å². The van der Waals surface area contributed by atoms with Crippen LogP contribution >= 0.6 is 15.9 Å². The number of aromatic nitrogens is 1. The van der Waals surface area contributed by atoms with Crippen LogP contribution in [0.4, 0.5) is 5.69 Å². The van der Waals surface area contributed by atoms with Gasteiger partial charge < -0.3 is 9.67 Å². The molecule has 0 aliphatic heterocycles. The minimum atomic E-state index is -0.958. The second-order valence-corrected chi connectivity index (χ2v) is 6.48. The van der Waals surface area contributed by atoms with Gasteiger partial charge in [-0.3, -0.25) is 4.99 Å². The summed E-state index contributed by atoms with van der Waals surface area (Å²) in [5.74, 6) is -0.958. The van der Waals surface area contributed by atoms with Gasteiger partial charge in [0.15, 0.2) is 0 Å². The van der Waals surface area contributed by atoms with Crippen LogP contribution in [0.15, 0.2) is 64.1 Å². The van der Waals surface area contributed by atoms with Crippen LogP contribution in [0.1, 0.15) is 27.3 Å². The predicted octanol–water partition coefficient (Wildman–Crippen LogP) is 5.31. The van der Waals surface area contributed by atoms with Crippen molar-refractivity contribution in [1.29, 1.82) is 0 Å². The zero-order valence-electron chi connectivity index (χ0n) is 13.9. The molecule has 25 heavy (non-hydrogen) atoms. The highest BCUT2D eigenvalue weighted by atomic mass is 79.9. The van der Waals surface area contributed by atoms with Crippen molar-refractivity contribution in [2.75, 3.05) is 0 Å². The highest BCUT2D eigenvalue weighted by Gasteiger charge is 2.15. The Morgan fingerprint density at radius 3 is 2.48 bits per heavy atom. The van der Waals surface area contributed by atoms with Gasteiger partial charge in [0.1, 0.15) is 0 Å². The van der Waals surface area contributed by atoms with Gasteiger partial charge in [-0.25, -0.2) is 4.79 Å². The zero-order valence-corrected chi connectivity index (χ0v) is 15.5. The van der Waals surface area contributed by atoms with Crippen LogP contribution in [-0.4, -0.2) is 21.9 Å². The molecule has 0 saturated heterocycles. The molecule has 1 heterocycles. The first-order valence-corrected chi connectivity index (χ1v) is 8.58. The monoisotopic (exact) mass is 396 g/mol. The predicted molar refractivity (Wildman–Crippen MR) is 104 cm³/mol. The Bertz CT molecular complexity index is 959. The summed E-state index contributed by atoms with van der Waals surface area (Å²) in [5, 5.41) is 9.09. The lowest BCUT2D eigenvalue weighted by Gasteiger charge is -2.08. The third kappa shape index (κ3) is 3.42. The Morgan fingerprint density at radius 1 is 1.08 bits per heavy atom. The van der Waals surface area contributed by atoms with E-state index in [1.807, 2.05) is 32.0 Å². The molecule has 2 aromatic carbocycles. The smallest absolute Gasteiger partial charge is 0.335 e. The van der Waals surface area contributed by atoms with Gasteiger partial charge in [0, 0.05) is 33.3 Å². The summed E-state index contributed by atoms with van der Waals surface area (Å²) in [4.78, 5) is 15.5. The SMILES string of the molecule is Cc1c(Br)c(C=Nc2cccc(C(=O)O)c2)c(C)n1-c1ccccc1. The Morgan fingerprint density at radius 2 is 1.80 bits per heavy atom. The van der Waals surface area contributed by atoms with E-state index in [2.05, 4.69) is 37.6 Å². The number of hydrogen-bond acceptors (Lipinski definition) is 2. The maximum Gasteiger partial charge on any atom is 0.335 e. The maximum absolute atomic E-state index is 11.1. The normalized spacial score (nSPS) is 11.2. The third-order valence-corrected chi connectivity index (χ3v) is 5.07. The molecular weight excluding hydrogens is 380 g/mol. The second kappa shape index (κ2) is 7.07. The number of carboxylic acid groups (broad SMARTS) is 1. The summed E-state index contributed by atoms with van der Waals surface area (Å²) in [6, 6.07) is 16.7. The molecule has 0 aliphatic rings. The van der Waals surface area contributed by atoms with Crippen LogP contribution < -0.4 is 0 Å². The maximum atomic E-state index is 11.1. The zero-order chi connectivity index (χ0) is 18.0. The van der Waals surface area contributed by atoms with Crippen molar-refractivity contribution in [3.63, 3.8) is 0 Å². The van der Waals surface area contributed by atoms with Gasteiger partial charge in [0.25, 0.3) is 0 Å². The highest BCUT2D eigenvalue weighted by molar-refractivity contribution is 9.10. The minimum Gasteiger partial charge on any atom is -0.478 e. The Labute approximate surface area is 154 Å². The Balaban J connectivity index is 2.02. The van der Waals surface area contributed by atoms with Gasteiger partial charge in [0.05, 0.1) is 11.3 Å². The summed E-state index contributed by atoms with van der Waals surface area (Å²) in [7, 11) is 0. The standard InChI is InChI=1S/C20H17BrN2O2/c1-13-18(12-22-16-8-6-7-15(11-16)20(24)25)19(21)14(2)23(13)17-9-4-3-5-10-17/h3-12H,1-2H3,(H,24,25). The fourth-order valence-corrected chi connectivity index (χ4v) is 3.36. The molecule has 0 amide bonds. The number of halogens is 1. The highest BCUT2D eigenvalue weighted by Crippen LogP contribution is 2.30. The minimum absolute atomic E-state index is 0.225. The number of hydrogen-bond donors (Lipinski definition) is 1. The summed E-state index contributed by atoms with van der Waals surface area (Å²) < 4.78 is 3.14. The van der Waals surface area contributed by atoms with Crippen molar-refractivity contribution in [1.82, 2.24) is 4.57 Å². The van der Waals surface area contributed by atoms with Crippen molar-refractivity contribution in [2.24, 2.45) is 4.99 Å². The van der Waals surface area contributed by atoms with E-state index < -0.39 is 5.97 Å². The molecular formula is C20H17BrN2O2. The van der Waals surface area contributed by atoms with Crippen molar-refractivity contribution >= 4 is 33.8 Å². The Hall–Kier alpha value is -2.66. The number of carbonyl (C=O) groups is 1. The number of rotatable bonds is 4. The number of nitrogens with zero attached hydrogens (tertiary/aromatic N) is 2. The molecule has 0 fully saturated rings. The number of aliphatic imine (C=N–C) groups is 1. The van der Waals surface area contributed by atoms with Gasteiger partial charge in [-0.05, 0) is 60.1 Å². The van der Waals surface area contributed by atoms with Crippen LogP contribution in [0.3, 0.4) is 0 Å². The van der Waals surface area contributed by atoms with Crippen molar-refractivity contribution in [3.05, 3.63) is 81.6 Å². The summed E-state index contributed by atoms with van der Waals surface area (Å²) in [5.41, 5.74) is 5.05. The first-order valence-electron chi connectivity index (χ1n) is 7.79. The molecule has 3 aromatic rings. The van der Waals surface area contributed by atoms with Gasteiger partial charge >= 0.3 is 5.97 Å². The molecule has 0 radical (unpaired) electrons. The van der Waals surface area contributed by atoms with Crippen LogP contribution in [-0.2, 0) is 0 Å². The number of para-hydroxylation sites is 1. The largest absolute Gasteiger partial charge is 0.478 e. The number of carboxylic acids is 1. The van der Waals surface area contributed by atoms with Gasteiger partial charge in [-0.15, -0.1) is 0 Å². The number of benzene rings is 2. The van der Waals surface area contributed by atoms with E-state index in [4.69, 9.17) is 5.11 Å². The van der Waals surface area contributed by atoms with E-state index in [9.17, 15) is 4.79 Å². The first-order chi connectivity index (χ1) is 12.0. The van der Waals surface area contributed by atoms with Crippen molar-refractivity contribution in [3.8, 4) is 5.69 Å². The first kappa shape index (κ1) is 17.2. The summed E-state index contributed by atoms with van der Waals surface area (Å²) >= 11 is 3.65. The Kier molecular flexibility index (Phi) is 4.86. The van der Waals surface area contributed by atoms with Crippen LogP contribution in [0, 0.1) is 13.8 Å². The van der Waals surface area contributed by atoms with E-state index in [1.165, 1.54) is 0 Å². The lowest BCUT2D eigenvalue weighted by molar-refractivity contribution is 0.0697. The third-order valence-electron chi connectivity index (χ3n) is 4.06. The number of aromatic carboxylic acids is 1. The van der Waals surface area contributed by atoms with Crippen molar-refractivity contribution in [2.45, 2.75) is 13.8 Å². The van der Waals surface area contributed by atoms with Crippen LogP contribution in [0.25, 0.3) is 5.69 Å². The molecule has 3 rings (SSSR count). The molecule has 1 N–H and O–H groups in total. The molecule has 5 heteroatoms. The molecule has 126 valence electrons. The summed E-state index contributed by atoms with van der Waals surface area (Å²) in [6.07, 6.45) is 1.77. The molecule has 0 saturated carbocycles. The molecule has 0 aliphatic carbocycles. The lowest BCUT2D eigenvalue weighted by Crippen LogP contribution is -1.99. The van der Waals surface area contributed by atoms with Gasteiger partial charge in [-0.1, -0.05) is 24.3 Å². The quantitative estimate of drug-likeness (QED) is 0.607. The van der Waals surface area contributed by atoms with E-state index in [0.717, 1.165) is 27.1 Å². The molecule has 0 atom stereocenters. The van der Waals surface area contributed by atoms with Gasteiger partial charge in [-0.2, -0.15) is 0 Å². The van der Waals surface area contributed by atoms with E-state index >= 15 is 0 Å². The fourth-order valence-electron chi connectivity index (χ4n) is 2.80. The average molecular weight is 397 g/mol. The van der Waals surface area contributed by atoms with Crippen molar-refractivity contribution < 1.29 is 9.90 Å². The molecule has 0 bridgehead atoms. The lowest BCUT2D eigenvalue weighted by atomic mass is 10.2. The van der Waals surface area contributed by atoms with Crippen LogP contribution in [0.5, 0.6) is 0 Å². The second-order valence-electron chi connectivity index (χ2n) is 5.68.